The van der Waals surface area contributed by atoms with Crippen molar-refractivity contribution in [2.45, 2.75) is 57.7 Å². The van der Waals surface area contributed by atoms with Gasteiger partial charge < -0.3 is 81.8 Å². The fraction of sp³-hybridized carbons (Fsp3) is 0.667. The third-order valence-corrected chi connectivity index (χ3v) is 8.49. The second kappa shape index (κ2) is 32.6. The maximum absolute atomic E-state index is 12.1. The Morgan fingerprint density at radius 3 is 0.779 bits per heavy atom. The largest absolute Gasteiger partial charge is 0.378 e. The highest BCUT2D eigenvalue weighted by molar-refractivity contribution is 6.03. The summed E-state index contributed by atoms with van der Waals surface area (Å²) in [7, 11) is 0. The summed E-state index contributed by atoms with van der Waals surface area (Å²) in [5.74, 6) is -10.3. The molecule has 0 bridgehead atoms. The Kier molecular flexibility index (Phi) is 29.7. The molecule has 0 atom stereocenters. The molecular weight excluding hydrogens is 928 g/mol. The van der Waals surface area contributed by atoms with Crippen LogP contribution in [0, 0.1) is 5.92 Å². The minimum Gasteiger partial charge on any atom is -0.378 e. The fourth-order valence-corrected chi connectivity index (χ4v) is 5.44. The average Bonchev–Trinajstić information content (AvgIpc) is 3.97. The third-order valence-electron chi connectivity index (χ3n) is 8.49. The van der Waals surface area contributed by atoms with Crippen LogP contribution in [-0.2, 0) is 115 Å². The lowest BCUT2D eigenvalue weighted by Gasteiger charge is -2.27. The van der Waals surface area contributed by atoms with Gasteiger partial charge in [-0.3, -0.25) is 38.4 Å². The maximum Gasteiger partial charge on any atom is 0.358 e. The predicted octanol–water partition coefficient (Wildman–Crippen LogP) is -2.86. The molecule has 386 valence electrons. The van der Waals surface area contributed by atoms with Crippen molar-refractivity contribution in [1.82, 2.24) is 44.9 Å². The SMILES string of the molecule is N.N.N.N.O=C(COCCOCC(COCCOCC(=O)ON1C(=O)CCC1=O)C(OCCOCC(=O)ON1C(=O)CCC1=O)OCCOCC(=O)ON1C(=O)CCC1=O)ON1C(=O)CCC1=O. The van der Waals surface area contributed by atoms with Gasteiger partial charge >= 0.3 is 23.9 Å². The average molecular weight is 987 g/mol. The zero-order chi connectivity index (χ0) is 46.4. The van der Waals surface area contributed by atoms with Crippen molar-refractivity contribution < 1.29 is 115 Å². The summed E-state index contributed by atoms with van der Waals surface area (Å²) in [6.07, 6.45) is -2.00. The van der Waals surface area contributed by atoms with E-state index in [0.717, 1.165) is 0 Å². The van der Waals surface area contributed by atoms with Gasteiger partial charge in [-0.2, -0.15) is 0 Å². The standard InChI is InChI=1S/C36H46N4O24.4H3N/c41-24-1-2-25(42)37(24)61-32(49)19-55-11-9-53-17-23(18-54-10-12-56-20-33(50)62-38-26(43)3-4-27(38)44)36(59-15-13-57-21-34(51)63-39-28(45)5-6-29(39)46)60-16-14-58-22-35(52)64-40-30(47)7-8-31(40)48;;;;/h23,36H,1-22H2;4*1H3. The van der Waals surface area contributed by atoms with E-state index in [1.54, 1.807) is 0 Å². The maximum atomic E-state index is 12.1. The van der Waals surface area contributed by atoms with E-state index < -0.39 is 110 Å². The van der Waals surface area contributed by atoms with Gasteiger partial charge in [0, 0.05) is 51.4 Å². The highest BCUT2D eigenvalue weighted by atomic mass is 16.8. The van der Waals surface area contributed by atoms with Crippen LogP contribution < -0.4 is 24.6 Å². The number of imide groups is 4. The van der Waals surface area contributed by atoms with Crippen LogP contribution in [0.25, 0.3) is 0 Å². The van der Waals surface area contributed by atoms with Gasteiger partial charge in [0.2, 0.25) is 0 Å². The number of carbonyl (C=O) groups excluding carboxylic acids is 12. The molecule has 4 rings (SSSR count). The molecular formula is C36H58N8O24. The molecule has 0 aromatic carbocycles. The summed E-state index contributed by atoms with van der Waals surface area (Å²) in [5, 5.41) is 1.45. The van der Waals surface area contributed by atoms with E-state index in [2.05, 4.69) is 0 Å². The van der Waals surface area contributed by atoms with Gasteiger partial charge in [-0.1, -0.05) is 0 Å². The number of hydrogen-bond donors (Lipinski definition) is 4. The third kappa shape index (κ3) is 20.9. The van der Waals surface area contributed by atoms with Gasteiger partial charge in [-0.05, 0) is 0 Å². The summed E-state index contributed by atoms with van der Waals surface area (Å²) in [5.41, 5.74) is 0. The van der Waals surface area contributed by atoms with Crippen LogP contribution in [0.4, 0.5) is 0 Å². The van der Waals surface area contributed by atoms with E-state index in [1.807, 2.05) is 0 Å². The highest BCUT2D eigenvalue weighted by Crippen LogP contribution is 2.16. The molecule has 0 saturated carbocycles. The van der Waals surface area contributed by atoms with E-state index in [0.29, 0.717) is 20.3 Å². The highest BCUT2D eigenvalue weighted by Gasteiger charge is 2.36. The van der Waals surface area contributed by atoms with E-state index in [9.17, 15) is 57.5 Å². The van der Waals surface area contributed by atoms with Crippen LogP contribution in [0.5, 0.6) is 0 Å². The number of ether oxygens (including phenoxy) is 8. The zero-order valence-corrected chi connectivity index (χ0v) is 37.1. The Hall–Kier alpha value is -6.04. The Balaban J connectivity index is 0.0000112. The first-order valence-corrected chi connectivity index (χ1v) is 19.7. The molecule has 0 aliphatic carbocycles. The van der Waals surface area contributed by atoms with Crippen LogP contribution in [0.3, 0.4) is 0 Å². The van der Waals surface area contributed by atoms with Crippen LogP contribution in [0.1, 0.15) is 51.4 Å². The van der Waals surface area contributed by atoms with Crippen LogP contribution in [0.2, 0.25) is 0 Å². The second-order valence-corrected chi connectivity index (χ2v) is 13.4. The topological polar surface area (TPSA) is 469 Å². The molecule has 4 aliphatic heterocycles. The molecule has 4 fully saturated rings. The quantitative estimate of drug-likeness (QED) is 0.0308. The fourth-order valence-electron chi connectivity index (χ4n) is 5.44. The molecule has 0 unspecified atom stereocenters. The van der Waals surface area contributed by atoms with Gasteiger partial charge in [0.25, 0.3) is 47.3 Å². The molecule has 0 aromatic heterocycles. The van der Waals surface area contributed by atoms with Gasteiger partial charge in [0.15, 0.2) is 6.29 Å². The smallest absolute Gasteiger partial charge is 0.358 e. The molecule has 32 heteroatoms. The van der Waals surface area contributed by atoms with Crippen molar-refractivity contribution >= 4 is 71.1 Å². The van der Waals surface area contributed by atoms with Crippen molar-refractivity contribution in [1.29, 1.82) is 0 Å². The van der Waals surface area contributed by atoms with Crippen molar-refractivity contribution in [3.63, 3.8) is 0 Å². The Bertz CT molecular complexity index is 1580. The van der Waals surface area contributed by atoms with Crippen LogP contribution >= 0.6 is 0 Å². The van der Waals surface area contributed by atoms with Crippen LogP contribution in [0.15, 0.2) is 0 Å². The minimum absolute atomic E-state index is 0. The Morgan fingerprint density at radius 1 is 0.338 bits per heavy atom. The number of nitrogens with zero attached hydrogens (tertiary/aromatic N) is 4. The lowest BCUT2D eigenvalue weighted by molar-refractivity contribution is -0.211. The number of carbonyl (C=O) groups is 12. The van der Waals surface area contributed by atoms with E-state index >= 15 is 0 Å². The van der Waals surface area contributed by atoms with Gasteiger partial charge in [0.1, 0.15) is 26.4 Å². The lowest BCUT2D eigenvalue weighted by Crippen LogP contribution is -2.37. The number of hydroxylamine groups is 8. The van der Waals surface area contributed by atoms with Gasteiger partial charge in [-0.15, -0.1) is 20.3 Å². The Labute approximate surface area is 386 Å². The first kappa shape index (κ1) is 62.0. The van der Waals surface area contributed by atoms with Gasteiger partial charge in [0.05, 0.1) is 72.0 Å². The lowest BCUT2D eigenvalue weighted by atomic mass is 10.1. The Morgan fingerprint density at radius 2 is 0.544 bits per heavy atom. The molecule has 32 nitrogen and oxygen atoms in total. The molecule has 4 saturated heterocycles. The van der Waals surface area contributed by atoms with E-state index in [1.165, 1.54) is 0 Å². The predicted molar refractivity (Wildman–Crippen MR) is 213 cm³/mol. The first-order chi connectivity index (χ1) is 30.7. The normalized spacial score (nSPS) is 15.7. The van der Waals surface area contributed by atoms with Crippen molar-refractivity contribution in [3.8, 4) is 0 Å². The molecule has 0 aromatic rings. The molecule has 68 heavy (non-hydrogen) atoms. The number of rotatable bonds is 31. The molecule has 8 amide bonds. The molecule has 4 heterocycles. The van der Waals surface area contributed by atoms with Gasteiger partial charge in [-0.25, -0.2) is 19.2 Å². The summed E-state index contributed by atoms with van der Waals surface area (Å²) in [6, 6.07) is 0. The summed E-state index contributed by atoms with van der Waals surface area (Å²) in [4.78, 5) is 161. The number of amides is 8. The molecule has 0 radical (unpaired) electrons. The second-order valence-electron chi connectivity index (χ2n) is 13.4. The monoisotopic (exact) mass is 986 g/mol. The van der Waals surface area contributed by atoms with Crippen molar-refractivity contribution in [3.05, 3.63) is 0 Å². The zero-order valence-electron chi connectivity index (χ0n) is 37.1. The summed E-state index contributed by atoms with van der Waals surface area (Å²) in [6.45, 7) is -4.58. The van der Waals surface area contributed by atoms with Crippen molar-refractivity contribution in [2.24, 2.45) is 5.92 Å². The van der Waals surface area contributed by atoms with E-state index in [-0.39, 0.29) is 142 Å². The van der Waals surface area contributed by atoms with Crippen molar-refractivity contribution in [2.75, 3.05) is 92.5 Å². The van der Waals surface area contributed by atoms with E-state index in [4.69, 9.17) is 57.2 Å². The minimum atomic E-state index is -1.22. The molecule has 12 N–H and O–H groups in total. The summed E-state index contributed by atoms with van der Waals surface area (Å²) >= 11 is 0. The van der Waals surface area contributed by atoms with Crippen LogP contribution in [-0.4, -0.2) is 190 Å². The molecule has 0 spiro atoms. The molecule has 4 aliphatic rings. The number of hydrogen-bond acceptors (Lipinski definition) is 28. The first-order valence-electron chi connectivity index (χ1n) is 19.7. The summed E-state index contributed by atoms with van der Waals surface area (Å²) < 4.78 is 44.1.